The maximum atomic E-state index is 3.30. The summed E-state index contributed by atoms with van der Waals surface area (Å²) in [5.41, 5.74) is 8.20. The summed E-state index contributed by atoms with van der Waals surface area (Å²) >= 11 is 0. The van der Waals surface area contributed by atoms with Gasteiger partial charge in [-0.3, -0.25) is 0 Å². The summed E-state index contributed by atoms with van der Waals surface area (Å²) in [5.74, 6) is 0. The molecule has 4 aromatic carbocycles. The molecule has 0 saturated carbocycles. The van der Waals surface area contributed by atoms with Crippen molar-refractivity contribution in [1.82, 2.24) is 0 Å². The van der Waals surface area contributed by atoms with Crippen molar-refractivity contribution in [2.75, 3.05) is 0 Å². The summed E-state index contributed by atoms with van der Waals surface area (Å²) in [6, 6.07) is 34.6. The summed E-state index contributed by atoms with van der Waals surface area (Å²) in [6.45, 7) is 4.17. The molecule has 27 heavy (non-hydrogen) atoms. The Balaban J connectivity index is 0.000000222. The van der Waals surface area contributed by atoms with Gasteiger partial charge < -0.3 is 12.4 Å². The number of benzene rings is 2. The van der Waals surface area contributed by atoms with Crippen molar-refractivity contribution in [2.45, 2.75) is 20.3 Å². The summed E-state index contributed by atoms with van der Waals surface area (Å²) < 4.78 is 0. The Hall–Kier alpha value is -1.69. The van der Waals surface area contributed by atoms with Crippen LogP contribution >= 0.6 is 0 Å². The molecule has 134 valence electrons. The second kappa shape index (κ2) is 11.9. The number of rotatable bonds is 0. The van der Waals surface area contributed by atoms with Crippen LogP contribution in [0.3, 0.4) is 0 Å². The van der Waals surface area contributed by atoms with Crippen LogP contribution in [0.25, 0.3) is 11.1 Å². The van der Waals surface area contributed by atoms with Gasteiger partial charge in [0.1, 0.15) is 0 Å². The second-order valence-corrected chi connectivity index (χ2v) is 6.32. The standard InChI is InChI=1S/C13H9.2C6H7.ClH.Zr/c1-3-7-12-10(5-1)9-11-6-2-4-8-13(11)12;2*1-6-4-2-3-5-6;;/h1-5,7-8H,9H2;2*2-5H,1H3;1H;/q3*-1;;+4/p-1. The van der Waals surface area contributed by atoms with Gasteiger partial charge in [0, 0.05) is 0 Å². The summed E-state index contributed by atoms with van der Waals surface area (Å²) in [7, 11) is 0. The van der Waals surface area contributed by atoms with Crippen LogP contribution in [0, 0.1) is 19.9 Å². The predicted octanol–water partition coefficient (Wildman–Crippen LogP) is 3.49. The molecule has 0 aliphatic heterocycles. The molecule has 0 aromatic heterocycles. The Morgan fingerprint density at radius 2 is 1.37 bits per heavy atom. The van der Waals surface area contributed by atoms with Crippen molar-refractivity contribution < 1.29 is 38.6 Å². The van der Waals surface area contributed by atoms with Gasteiger partial charge in [-0.05, 0) is 6.42 Å². The van der Waals surface area contributed by atoms with Crippen molar-refractivity contribution >= 4 is 0 Å². The third-order valence-corrected chi connectivity index (χ3v) is 4.28. The van der Waals surface area contributed by atoms with E-state index in [1.54, 1.807) is 0 Å². The first-order chi connectivity index (χ1) is 12.2. The van der Waals surface area contributed by atoms with E-state index < -0.39 is 0 Å². The zero-order valence-corrected chi connectivity index (χ0v) is 19.0. The molecular weight excluding hydrogens is 427 g/mol. The van der Waals surface area contributed by atoms with Crippen molar-refractivity contribution in [2.24, 2.45) is 0 Å². The summed E-state index contributed by atoms with van der Waals surface area (Å²) in [6.07, 6.45) is 1.05. The van der Waals surface area contributed by atoms with Crippen LogP contribution in [0.1, 0.15) is 22.3 Å². The van der Waals surface area contributed by atoms with Gasteiger partial charge in [-0.2, -0.15) is 66.2 Å². The molecule has 0 amide bonds. The van der Waals surface area contributed by atoms with E-state index >= 15 is 0 Å². The molecule has 0 heterocycles. The molecule has 0 fully saturated rings. The van der Waals surface area contributed by atoms with Crippen LogP contribution in [-0.2, 0) is 32.6 Å². The van der Waals surface area contributed by atoms with Crippen LogP contribution < -0.4 is 12.4 Å². The number of aryl methyl sites for hydroxylation is 2. The molecule has 0 radical (unpaired) electrons. The van der Waals surface area contributed by atoms with Gasteiger partial charge in [-0.25, -0.2) is 23.3 Å². The Morgan fingerprint density at radius 1 is 0.778 bits per heavy atom. The van der Waals surface area contributed by atoms with Crippen LogP contribution in [-0.4, -0.2) is 0 Å². The SMILES string of the molecule is Cc1cc[cH-]c1.Cc1cc[cH-]c1.[Cl-].[Zr+4].[c-]1cccc2c1Cc1ccccc1-2. The summed E-state index contributed by atoms with van der Waals surface area (Å²) in [5, 5.41) is 0. The molecule has 4 aromatic rings. The van der Waals surface area contributed by atoms with E-state index in [-0.39, 0.29) is 38.6 Å². The molecule has 0 spiro atoms. The first-order valence-electron chi connectivity index (χ1n) is 8.68. The van der Waals surface area contributed by atoms with Crippen LogP contribution in [0.5, 0.6) is 0 Å². The molecule has 0 saturated heterocycles. The molecule has 0 atom stereocenters. The van der Waals surface area contributed by atoms with Crippen molar-refractivity contribution in [3.63, 3.8) is 0 Å². The maximum absolute atomic E-state index is 3.30. The van der Waals surface area contributed by atoms with Gasteiger partial charge >= 0.3 is 26.2 Å². The first kappa shape index (κ1) is 23.4. The van der Waals surface area contributed by atoms with Gasteiger partial charge in [-0.15, -0.1) is 5.56 Å². The Kier molecular flexibility index (Phi) is 10.3. The molecular formula is C25H23ClZr. The fourth-order valence-electron chi connectivity index (χ4n) is 2.94. The largest absolute Gasteiger partial charge is 4.00 e. The minimum Gasteiger partial charge on any atom is -1.00 e. The third-order valence-electron chi connectivity index (χ3n) is 4.28. The molecule has 0 unspecified atom stereocenters. The predicted molar refractivity (Wildman–Crippen MR) is 107 cm³/mol. The quantitative estimate of drug-likeness (QED) is 0.317. The zero-order chi connectivity index (χ0) is 17.5. The second-order valence-electron chi connectivity index (χ2n) is 6.32. The number of fused-ring (bicyclic) bond motifs is 3. The van der Waals surface area contributed by atoms with Crippen LogP contribution in [0.2, 0.25) is 0 Å². The minimum atomic E-state index is 0. The topological polar surface area (TPSA) is 0 Å². The van der Waals surface area contributed by atoms with E-state index in [9.17, 15) is 0 Å². The molecule has 0 N–H and O–H groups in total. The van der Waals surface area contributed by atoms with Gasteiger partial charge in [0.15, 0.2) is 0 Å². The number of hydrogen-bond acceptors (Lipinski definition) is 0. The fraction of sp³-hybridized carbons (Fsp3) is 0.120. The van der Waals surface area contributed by atoms with Crippen LogP contribution in [0.4, 0.5) is 0 Å². The molecule has 0 nitrogen and oxygen atoms in total. The monoisotopic (exact) mass is 448 g/mol. The minimum absolute atomic E-state index is 0. The van der Waals surface area contributed by atoms with E-state index in [1.807, 2.05) is 30.3 Å². The van der Waals surface area contributed by atoms with E-state index in [2.05, 4.69) is 80.6 Å². The third kappa shape index (κ3) is 6.76. The summed E-state index contributed by atoms with van der Waals surface area (Å²) in [4.78, 5) is 0. The van der Waals surface area contributed by atoms with Crippen molar-refractivity contribution in [3.8, 4) is 11.1 Å². The van der Waals surface area contributed by atoms with Gasteiger partial charge in [0.2, 0.25) is 0 Å². The Labute approximate surface area is 188 Å². The van der Waals surface area contributed by atoms with Crippen LogP contribution in [0.15, 0.2) is 91.0 Å². The fourth-order valence-corrected chi connectivity index (χ4v) is 2.94. The van der Waals surface area contributed by atoms with Gasteiger partial charge in [0.05, 0.1) is 0 Å². The molecule has 5 rings (SSSR count). The van der Waals surface area contributed by atoms with Crippen molar-refractivity contribution in [3.05, 3.63) is 119 Å². The maximum Gasteiger partial charge on any atom is 4.00 e. The van der Waals surface area contributed by atoms with Gasteiger partial charge in [-0.1, -0.05) is 49.2 Å². The smallest absolute Gasteiger partial charge is 1.00 e. The zero-order valence-electron chi connectivity index (χ0n) is 15.7. The average molecular weight is 450 g/mol. The molecule has 0 bridgehead atoms. The van der Waals surface area contributed by atoms with E-state index in [0.29, 0.717) is 0 Å². The Bertz CT molecular complexity index is 814. The van der Waals surface area contributed by atoms with Gasteiger partial charge in [0.25, 0.3) is 0 Å². The first-order valence-corrected chi connectivity index (χ1v) is 8.68. The van der Waals surface area contributed by atoms with E-state index in [4.69, 9.17) is 0 Å². The van der Waals surface area contributed by atoms with E-state index in [0.717, 1.165) is 6.42 Å². The molecule has 1 aliphatic carbocycles. The average Bonchev–Trinajstić information content (AvgIpc) is 3.37. The molecule has 1 aliphatic rings. The Morgan fingerprint density at radius 3 is 1.89 bits per heavy atom. The normalized spacial score (nSPS) is 9.85. The number of halogens is 1. The molecule has 2 heteroatoms. The number of hydrogen-bond donors (Lipinski definition) is 0. The van der Waals surface area contributed by atoms with Crippen molar-refractivity contribution in [1.29, 1.82) is 0 Å². The van der Waals surface area contributed by atoms with E-state index in [1.165, 1.54) is 33.4 Å².